The van der Waals surface area contributed by atoms with Crippen molar-refractivity contribution in [3.05, 3.63) is 59.1 Å². The first-order valence-corrected chi connectivity index (χ1v) is 8.37. The van der Waals surface area contributed by atoms with E-state index in [1.165, 1.54) is 0 Å². The minimum Gasteiger partial charge on any atom is -0.460 e. The molecule has 4 aromatic rings. The van der Waals surface area contributed by atoms with Crippen LogP contribution in [0.3, 0.4) is 0 Å². The molecule has 0 saturated heterocycles. The summed E-state index contributed by atoms with van der Waals surface area (Å²) in [7, 11) is 0. The molecule has 5 rings (SSSR count). The second-order valence-electron chi connectivity index (χ2n) is 5.72. The summed E-state index contributed by atoms with van der Waals surface area (Å²) >= 11 is 1.60. The lowest BCUT2D eigenvalue weighted by molar-refractivity contribution is -0.121. The second kappa shape index (κ2) is 4.70. The number of nitrogens with zero attached hydrogens (tertiary/aromatic N) is 2. The van der Waals surface area contributed by atoms with E-state index >= 15 is 0 Å². The molecule has 3 aromatic heterocycles. The first-order chi connectivity index (χ1) is 11.3. The Kier molecular flexibility index (Phi) is 2.63. The molecule has 5 nitrogen and oxygen atoms in total. The Morgan fingerprint density at radius 3 is 3.17 bits per heavy atom. The maximum atomic E-state index is 12.1. The van der Waals surface area contributed by atoms with Gasteiger partial charge in [-0.25, -0.2) is 4.98 Å². The highest BCUT2D eigenvalue weighted by atomic mass is 32.1. The van der Waals surface area contributed by atoms with Crippen LogP contribution in [-0.2, 0) is 11.3 Å². The predicted molar refractivity (Wildman–Crippen MR) is 87.6 cm³/mol. The first-order valence-electron chi connectivity index (χ1n) is 7.49. The molecule has 1 atom stereocenters. The van der Waals surface area contributed by atoms with Crippen LogP contribution in [0, 0.1) is 0 Å². The Bertz CT molecular complexity index is 1010. The van der Waals surface area contributed by atoms with Crippen LogP contribution in [0.15, 0.2) is 46.3 Å². The Balaban J connectivity index is 1.75. The minimum absolute atomic E-state index is 0.0254. The van der Waals surface area contributed by atoms with Gasteiger partial charge in [0.2, 0.25) is 5.91 Å². The van der Waals surface area contributed by atoms with Gasteiger partial charge in [-0.05, 0) is 12.1 Å². The Morgan fingerprint density at radius 1 is 1.35 bits per heavy atom. The highest BCUT2D eigenvalue weighted by molar-refractivity contribution is 7.15. The third-order valence-corrected chi connectivity index (χ3v) is 5.09. The molecule has 0 bridgehead atoms. The summed E-state index contributed by atoms with van der Waals surface area (Å²) in [5.41, 5.74) is 2.83. The molecule has 23 heavy (non-hydrogen) atoms. The fourth-order valence-corrected chi connectivity index (χ4v) is 4.03. The van der Waals surface area contributed by atoms with Crippen molar-refractivity contribution < 1.29 is 9.21 Å². The number of thiazole rings is 1. The molecule has 4 heterocycles. The van der Waals surface area contributed by atoms with E-state index in [0.717, 1.165) is 33.1 Å². The highest BCUT2D eigenvalue weighted by Crippen LogP contribution is 2.36. The van der Waals surface area contributed by atoms with Crippen LogP contribution in [0.2, 0.25) is 0 Å². The Morgan fingerprint density at radius 2 is 2.26 bits per heavy atom. The molecule has 0 fully saturated rings. The van der Waals surface area contributed by atoms with Crippen molar-refractivity contribution in [1.82, 2.24) is 14.7 Å². The Hall–Kier alpha value is -2.60. The molecule has 0 saturated carbocycles. The largest absolute Gasteiger partial charge is 0.460 e. The van der Waals surface area contributed by atoms with Gasteiger partial charge in [-0.1, -0.05) is 18.2 Å². The molecule has 114 valence electrons. The molecular weight excluding hydrogens is 310 g/mol. The van der Waals surface area contributed by atoms with Crippen molar-refractivity contribution >= 4 is 33.2 Å². The molecule has 1 amide bonds. The molecule has 1 aromatic carbocycles. The fourth-order valence-electron chi connectivity index (χ4n) is 3.29. The SMILES string of the molecule is O=C1CC(c2cc3ccccc3o2)c2c(nc3sccn23)CN1. The molecule has 1 aliphatic rings. The monoisotopic (exact) mass is 323 g/mol. The van der Waals surface area contributed by atoms with Crippen molar-refractivity contribution in [2.45, 2.75) is 18.9 Å². The lowest BCUT2D eigenvalue weighted by Crippen LogP contribution is -2.21. The van der Waals surface area contributed by atoms with Gasteiger partial charge in [0.25, 0.3) is 0 Å². The normalized spacial score (nSPS) is 18.1. The van der Waals surface area contributed by atoms with Crippen LogP contribution in [0.25, 0.3) is 15.9 Å². The first kappa shape index (κ1) is 12.9. The molecular formula is C17H13N3O2S. The van der Waals surface area contributed by atoms with Crippen LogP contribution in [0.5, 0.6) is 0 Å². The Labute approximate surface area is 135 Å². The van der Waals surface area contributed by atoms with E-state index in [0.29, 0.717) is 13.0 Å². The number of hydrogen-bond donors (Lipinski definition) is 1. The maximum absolute atomic E-state index is 12.1. The van der Waals surface area contributed by atoms with Gasteiger partial charge < -0.3 is 9.73 Å². The van der Waals surface area contributed by atoms with E-state index in [-0.39, 0.29) is 11.8 Å². The summed E-state index contributed by atoms with van der Waals surface area (Å²) < 4.78 is 8.13. The van der Waals surface area contributed by atoms with Crippen LogP contribution in [0.4, 0.5) is 0 Å². The van der Waals surface area contributed by atoms with E-state index in [4.69, 9.17) is 4.42 Å². The molecule has 1 N–H and O–H groups in total. The van der Waals surface area contributed by atoms with Crippen LogP contribution in [-0.4, -0.2) is 15.3 Å². The number of para-hydroxylation sites is 1. The van der Waals surface area contributed by atoms with Gasteiger partial charge in [-0.3, -0.25) is 9.20 Å². The summed E-state index contributed by atoms with van der Waals surface area (Å²) in [6, 6.07) is 9.96. The highest BCUT2D eigenvalue weighted by Gasteiger charge is 2.31. The van der Waals surface area contributed by atoms with Gasteiger partial charge in [-0.15, -0.1) is 11.3 Å². The number of carbonyl (C=O) groups excluding carboxylic acids is 1. The third kappa shape index (κ3) is 1.91. The average molecular weight is 323 g/mol. The summed E-state index contributed by atoms with van der Waals surface area (Å²) in [6.07, 6.45) is 2.38. The predicted octanol–water partition coefficient (Wildman–Crippen LogP) is 3.29. The summed E-state index contributed by atoms with van der Waals surface area (Å²) in [4.78, 5) is 17.7. The molecule has 6 heteroatoms. The van der Waals surface area contributed by atoms with Crippen molar-refractivity contribution in [2.24, 2.45) is 0 Å². The van der Waals surface area contributed by atoms with Gasteiger partial charge in [0.05, 0.1) is 23.9 Å². The topological polar surface area (TPSA) is 59.5 Å². The number of benzene rings is 1. The van der Waals surface area contributed by atoms with Crippen molar-refractivity contribution in [1.29, 1.82) is 0 Å². The number of imidazole rings is 1. The maximum Gasteiger partial charge on any atom is 0.221 e. The molecule has 0 radical (unpaired) electrons. The summed E-state index contributed by atoms with van der Waals surface area (Å²) in [5, 5.41) is 6.00. The van der Waals surface area contributed by atoms with E-state index in [2.05, 4.69) is 14.7 Å². The van der Waals surface area contributed by atoms with Crippen LogP contribution in [0.1, 0.15) is 29.5 Å². The number of carbonyl (C=O) groups is 1. The zero-order valence-corrected chi connectivity index (χ0v) is 13.0. The van der Waals surface area contributed by atoms with E-state index in [1.54, 1.807) is 11.3 Å². The number of fused-ring (bicyclic) bond motifs is 4. The van der Waals surface area contributed by atoms with Crippen molar-refractivity contribution in [3.8, 4) is 0 Å². The zero-order chi connectivity index (χ0) is 15.4. The number of nitrogens with one attached hydrogen (secondary N) is 1. The minimum atomic E-state index is -0.121. The number of rotatable bonds is 1. The van der Waals surface area contributed by atoms with Gasteiger partial charge in [0.1, 0.15) is 11.3 Å². The van der Waals surface area contributed by atoms with Gasteiger partial charge in [0.15, 0.2) is 4.96 Å². The van der Waals surface area contributed by atoms with Crippen molar-refractivity contribution in [3.63, 3.8) is 0 Å². The molecule has 0 spiro atoms. The van der Waals surface area contributed by atoms with Gasteiger partial charge in [-0.2, -0.15) is 0 Å². The number of furan rings is 1. The molecule has 1 unspecified atom stereocenters. The van der Waals surface area contributed by atoms with Crippen LogP contribution < -0.4 is 5.32 Å². The number of aromatic nitrogens is 2. The van der Waals surface area contributed by atoms with Crippen molar-refractivity contribution in [2.75, 3.05) is 0 Å². The quantitative estimate of drug-likeness (QED) is 0.585. The van der Waals surface area contributed by atoms with E-state index in [1.807, 2.05) is 41.9 Å². The van der Waals surface area contributed by atoms with Gasteiger partial charge in [0, 0.05) is 23.4 Å². The third-order valence-electron chi connectivity index (χ3n) is 4.34. The average Bonchev–Trinajstić information content (AvgIpc) is 3.22. The lowest BCUT2D eigenvalue weighted by Gasteiger charge is -2.11. The summed E-state index contributed by atoms with van der Waals surface area (Å²) in [6.45, 7) is 0.472. The zero-order valence-electron chi connectivity index (χ0n) is 12.2. The van der Waals surface area contributed by atoms with Crippen LogP contribution >= 0.6 is 11.3 Å². The molecule has 1 aliphatic heterocycles. The number of hydrogen-bond acceptors (Lipinski definition) is 4. The second-order valence-corrected chi connectivity index (χ2v) is 6.59. The standard InChI is InChI=1S/C17H13N3O2S/c21-15-8-11(14-7-10-3-1-2-4-13(10)22-14)16-12(9-18-15)19-17-20(16)5-6-23-17/h1-7,11H,8-9H2,(H,18,21). The smallest absolute Gasteiger partial charge is 0.221 e. The van der Waals surface area contributed by atoms with Gasteiger partial charge >= 0.3 is 0 Å². The van der Waals surface area contributed by atoms with E-state index < -0.39 is 0 Å². The summed E-state index contributed by atoms with van der Waals surface area (Å²) in [5.74, 6) is 0.722. The fraction of sp³-hybridized carbons (Fsp3) is 0.176. The number of amides is 1. The molecule has 0 aliphatic carbocycles. The van der Waals surface area contributed by atoms with E-state index in [9.17, 15) is 4.79 Å². The lowest BCUT2D eigenvalue weighted by atomic mass is 9.97.